The molecule has 9 atom stereocenters. The first-order valence-electron chi connectivity index (χ1n) is 14.2. The Kier molecular flexibility index (Phi) is 13.2. The lowest BCUT2D eigenvalue weighted by Crippen LogP contribution is -2.66. The van der Waals surface area contributed by atoms with Gasteiger partial charge in [-0.15, -0.1) is 11.6 Å². The monoisotopic (exact) mass is 642 g/mol. The van der Waals surface area contributed by atoms with E-state index in [-0.39, 0.29) is 31.9 Å². The third-order valence-electron chi connectivity index (χ3n) is 7.12. The molecule has 2 aliphatic rings. The number of alkyl carbamates (subject to hydrolysis) is 1. The third-order valence-corrected chi connectivity index (χ3v) is 7.27. The van der Waals surface area contributed by atoms with Crippen molar-refractivity contribution in [3.05, 3.63) is 35.9 Å². The molecular formula is C29H39ClN2O12. The van der Waals surface area contributed by atoms with Crippen LogP contribution >= 0.6 is 11.6 Å². The fraction of sp³-hybridized carbons (Fsp3) is 0.621. The van der Waals surface area contributed by atoms with Crippen LogP contribution in [0.3, 0.4) is 0 Å². The van der Waals surface area contributed by atoms with Gasteiger partial charge in [0.1, 0.15) is 6.61 Å². The van der Waals surface area contributed by atoms with E-state index in [1.165, 1.54) is 6.92 Å². The first kappa shape index (κ1) is 35.0. The summed E-state index contributed by atoms with van der Waals surface area (Å²) in [6.45, 7) is 5.06. The second kappa shape index (κ2) is 16.6. The van der Waals surface area contributed by atoms with Crippen molar-refractivity contribution >= 4 is 41.5 Å². The van der Waals surface area contributed by atoms with Gasteiger partial charge in [-0.25, -0.2) is 4.79 Å². The summed E-state index contributed by atoms with van der Waals surface area (Å²) in [4.78, 5) is 62.3. The van der Waals surface area contributed by atoms with E-state index >= 15 is 0 Å². The Morgan fingerprint density at radius 3 is 2.14 bits per heavy atom. The van der Waals surface area contributed by atoms with Gasteiger partial charge in [0.15, 0.2) is 24.5 Å². The average molecular weight is 643 g/mol. The highest BCUT2D eigenvalue weighted by Gasteiger charge is 2.52. The number of aliphatic hydroxyl groups is 1. The average Bonchev–Trinajstić information content (AvgIpc) is 2.95. The van der Waals surface area contributed by atoms with Crippen molar-refractivity contribution in [2.24, 2.45) is 5.92 Å². The Morgan fingerprint density at radius 1 is 0.909 bits per heavy atom. The van der Waals surface area contributed by atoms with Gasteiger partial charge in [0.25, 0.3) is 0 Å². The summed E-state index contributed by atoms with van der Waals surface area (Å²) < 4.78 is 33.0. The fourth-order valence-electron chi connectivity index (χ4n) is 5.26. The second-order valence-electron chi connectivity index (χ2n) is 10.5. The first-order valence-corrected chi connectivity index (χ1v) is 14.7. The Balaban J connectivity index is 1.81. The predicted molar refractivity (Wildman–Crippen MR) is 152 cm³/mol. The Hall–Kier alpha value is -3.46. The van der Waals surface area contributed by atoms with Crippen LogP contribution in [0.5, 0.6) is 0 Å². The smallest absolute Gasteiger partial charge is 0.407 e. The second-order valence-corrected chi connectivity index (χ2v) is 10.9. The van der Waals surface area contributed by atoms with E-state index < -0.39 is 84.7 Å². The summed E-state index contributed by atoms with van der Waals surface area (Å²) in [6.07, 6.45) is -8.80. The van der Waals surface area contributed by atoms with E-state index in [1.807, 2.05) is 6.07 Å². The minimum atomic E-state index is -1.41. The van der Waals surface area contributed by atoms with Crippen molar-refractivity contribution in [2.45, 2.75) is 96.0 Å². The van der Waals surface area contributed by atoms with Crippen LogP contribution in [0.1, 0.15) is 46.1 Å². The molecule has 0 unspecified atom stereocenters. The van der Waals surface area contributed by atoms with Crippen molar-refractivity contribution < 1.29 is 57.5 Å². The molecule has 15 heteroatoms. The number of carbonyl (C=O) groups excluding carboxylic acids is 5. The molecule has 2 amide bonds. The Bertz CT molecular complexity index is 1150. The van der Waals surface area contributed by atoms with E-state index in [1.54, 1.807) is 24.3 Å². The van der Waals surface area contributed by atoms with Crippen LogP contribution in [-0.4, -0.2) is 96.4 Å². The van der Waals surface area contributed by atoms with Gasteiger partial charge in [-0.1, -0.05) is 30.3 Å². The number of alkyl halides is 1. The molecular weight excluding hydrogens is 604 g/mol. The van der Waals surface area contributed by atoms with E-state index in [4.69, 9.17) is 40.0 Å². The number of hydrogen-bond acceptors (Lipinski definition) is 12. The maximum absolute atomic E-state index is 13.7. The number of ether oxygens (including phenoxy) is 6. The summed E-state index contributed by atoms with van der Waals surface area (Å²) in [5, 5.41) is 16.2. The zero-order valence-electron chi connectivity index (χ0n) is 24.9. The molecule has 0 aromatic heterocycles. The molecule has 1 aromatic carbocycles. The standard InChI is InChI=1S/C29H39ClN2O12/c1-15-24(42-16(2)33)25(43-17(3)34)26(44-18(4)35)28(41-15)32-27(37)20-12-22(36)23(39-11-10-30)13-21(20)31-29(38)40-14-19-8-6-5-7-9-19/h5-9,15,20-26,28,36H,10-14H2,1-4H3,(H,31,38)(H,32,37)/t15-,20+,21-,22-,23-,24+,25+,26-,28+/m0/s1. The van der Waals surface area contributed by atoms with Crippen LogP contribution < -0.4 is 10.6 Å². The normalized spacial score (nSPS) is 29.9. The summed E-state index contributed by atoms with van der Waals surface area (Å²) in [5.74, 6) is -3.73. The molecule has 14 nitrogen and oxygen atoms in total. The molecule has 1 aliphatic heterocycles. The van der Waals surface area contributed by atoms with Crippen LogP contribution in [0.4, 0.5) is 4.79 Å². The van der Waals surface area contributed by atoms with Crippen LogP contribution in [0.25, 0.3) is 0 Å². The van der Waals surface area contributed by atoms with Gasteiger partial charge in [0.2, 0.25) is 5.91 Å². The summed E-state index contributed by atoms with van der Waals surface area (Å²) in [6, 6.07) is 8.15. The first-order chi connectivity index (χ1) is 20.9. The van der Waals surface area contributed by atoms with Gasteiger partial charge in [-0.2, -0.15) is 0 Å². The number of hydrogen-bond donors (Lipinski definition) is 3. The van der Waals surface area contributed by atoms with E-state index in [9.17, 15) is 29.1 Å². The molecule has 2 fully saturated rings. The van der Waals surface area contributed by atoms with Crippen molar-refractivity contribution in [1.29, 1.82) is 0 Å². The molecule has 44 heavy (non-hydrogen) atoms. The lowest BCUT2D eigenvalue weighted by atomic mass is 9.80. The molecule has 0 radical (unpaired) electrons. The third kappa shape index (κ3) is 10.0. The molecule has 0 spiro atoms. The lowest BCUT2D eigenvalue weighted by molar-refractivity contribution is -0.248. The molecule has 1 heterocycles. The molecule has 3 N–H and O–H groups in total. The van der Waals surface area contributed by atoms with Gasteiger partial charge >= 0.3 is 24.0 Å². The highest BCUT2D eigenvalue weighted by Crippen LogP contribution is 2.31. The number of halogens is 1. The topological polar surface area (TPSA) is 185 Å². The van der Waals surface area contributed by atoms with Gasteiger partial charge in [-0.3, -0.25) is 19.2 Å². The SMILES string of the molecule is CC(=O)O[C@@H]1[C@H](OC(C)=O)[C@H](C)O[C@@H](NC(=O)[C@@H]2C[C@H](O)[C@@H](OCCCl)C[C@@H]2NC(=O)OCc2ccccc2)[C@H]1OC(C)=O. The predicted octanol–water partition coefficient (Wildman–Crippen LogP) is 1.33. The van der Waals surface area contributed by atoms with Crippen molar-refractivity contribution in [3.63, 3.8) is 0 Å². The molecule has 1 aromatic rings. The van der Waals surface area contributed by atoms with E-state index in [0.717, 1.165) is 26.3 Å². The maximum atomic E-state index is 13.7. The number of amides is 2. The van der Waals surface area contributed by atoms with Gasteiger partial charge in [-0.05, 0) is 25.3 Å². The highest BCUT2D eigenvalue weighted by atomic mass is 35.5. The van der Waals surface area contributed by atoms with Crippen molar-refractivity contribution in [1.82, 2.24) is 10.6 Å². The van der Waals surface area contributed by atoms with Crippen LogP contribution in [-0.2, 0) is 54.2 Å². The van der Waals surface area contributed by atoms with Gasteiger partial charge in [0, 0.05) is 32.7 Å². The van der Waals surface area contributed by atoms with Crippen LogP contribution in [0.2, 0.25) is 0 Å². The molecule has 1 aliphatic carbocycles. The summed E-state index contributed by atoms with van der Waals surface area (Å²) in [7, 11) is 0. The van der Waals surface area contributed by atoms with Gasteiger partial charge in [0.05, 0.1) is 30.8 Å². The van der Waals surface area contributed by atoms with E-state index in [2.05, 4.69) is 10.6 Å². The summed E-state index contributed by atoms with van der Waals surface area (Å²) in [5.41, 5.74) is 0.758. The maximum Gasteiger partial charge on any atom is 0.407 e. The van der Waals surface area contributed by atoms with Gasteiger partial charge < -0.3 is 44.2 Å². The minimum Gasteiger partial charge on any atom is -0.456 e. The molecule has 1 saturated heterocycles. The Morgan fingerprint density at radius 2 is 1.52 bits per heavy atom. The van der Waals surface area contributed by atoms with Crippen LogP contribution in [0, 0.1) is 5.92 Å². The number of benzene rings is 1. The van der Waals surface area contributed by atoms with Crippen LogP contribution in [0.15, 0.2) is 30.3 Å². The Labute approximate surface area is 259 Å². The summed E-state index contributed by atoms with van der Waals surface area (Å²) >= 11 is 5.75. The zero-order chi connectivity index (χ0) is 32.4. The quantitative estimate of drug-likeness (QED) is 0.179. The fourth-order valence-corrected chi connectivity index (χ4v) is 5.35. The van der Waals surface area contributed by atoms with E-state index in [0.29, 0.717) is 0 Å². The molecule has 0 bridgehead atoms. The molecule has 244 valence electrons. The molecule has 1 saturated carbocycles. The highest BCUT2D eigenvalue weighted by molar-refractivity contribution is 6.17. The molecule has 3 rings (SSSR count). The number of esters is 3. The number of nitrogens with one attached hydrogen (secondary N) is 2. The minimum absolute atomic E-state index is 0.00996. The number of rotatable bonds is 11. The number of aliphatic hydroxyl groups excluding tert-OH is 1. The largest absolute Gasteiger partial charge is 0.456 e. The zero-order valence-corrected chi connectivity index (χ0v) is 25.7. The number of carbonyl (C=O) groups is 5. The lowest BCUT2D eigenvalue weighted by Gasteiger charge is -2.44. The van der Waals surface area contributed by atoms with Crippen molar-refractivity contribution in [3.8, 4) is 0 Å². The van der Waals surface area contributed by atoms with Crippen molar-refractivity contribution in [2.75, 3.05) is 12.5 Å².